The van der Waals surface area contributed by atoms with Crippen LogP contribution in [0.2, 0.25) is 0 Å². The predicted octanol–water partition coefficient (Wildman–Crippen LogP) is 2.42. The second kappa shape index (κ2) is 7.21. The molecule has 7 heteroatoms. The maximum absolute atomic E-state index is 12.8. The number of aryl methyl sites for hydroxylation is 2. The standard InChI is InChI=1S/C18H24N4O3/c1-4-22(10-15-20-16(11(2)3)21-25-15)18(24)13-9-12-7-5-6-8-14(12)19-17(13)23/h9,11H,4-8,10H2,1-3H3,(H,19,23). The number of rotatable bonds is 5. The van der Waals surface area contributed by atoms with Crippen LogP contribution in [0.25, 0.3) is 0 Å². The third kappa shape index (κ3) is 3.65. The number of pyridine rings is 1. The number of amides is 1. The zero-order valence-electron chi connectivity index (χ0n) is 15.0. The molecule has 0 aromatic carbocycles. The van der Waals surface area contributed by atoms with Gasteiger partial charge in [0.2, 0.25) is 5.89 Å². The van der Waals surface area contributed by atoms with Gasteiger partial charge in [-0.05, 0) is 44.2 Å². The zero-order chi connectivity index (χ0) is 18.0. The van der Waals surface area contributed by atoms with Crippen molar-refractivity contribution in [3.8, 4) is 0 Å². The van der Waals surface area contributed by atoms with Crippen molar-refractivity contribution in [3.05, 3.63) is 45.0 Å². The second-order valence-electron chi connectivity index (χ2n) is 6.74. The quantitative estimate of drug-likeness (QED) is 0.899. The lowest BCUT2D eigenvalue weighted by Gasteiger charge is -2.20. The SMILES string of the molecule is CCN(Cc1nc(C(C)C)no1)C(=O)c1cc2c([nH]c1=O)CCCC2. The summed E-state index contributed by atoms with van der Waals surface area (Å²) in [5.41, 5.74) is 1.91. The van der Waals surface area contributed by atoms with E-state index in [9.17, 15) is 9.59 Å². The number of carbonyl (C=O) groups excluding carboxylic acids is 1. The molecule has 25 heavy (non-hydrogen) atoms. The number of fused-ring (bicyclic) bond motifs is 1. The Kier molecular flexibility index (Phi) is 5.01. The summed E-state index contributed by atoms with van der Waals surface area (Å²) >= 11 is 0. The first-order valence-electron chi connectivity index (χ1n) is 8.86. The first kappa shape index (κ1) is 17.4. The lowest BCUT2D eigenvalue weighted by atomic mass is 9.95. The molecule has 0 spiro atoms. The average molecular weight is 344 g/mol. The van der Waals surface area contributed by atoms with Crippen LogP contribution in [0.4, 0.5) is 0 Å². The van der Waals surface area contributed by atoms with Crippen molar-refractivity contribution in [1.82, 2.24) is 20.0 Å². The molecular weight excluding hydrogens is 320 g/mol. The van der Waals surface area contributed by atoms with Crippen molar-refractivity contribution in [2.24, 2.45) is 0 Å². The van der Waals surface area contributed by atoms with Crippen LogP contribution in [0.15, 0.2) is 15.4 Å². The van der Waals surface area contributed by atoms with Crippen LogP contribution < -0.4 is 5.56 Å². The molecule has 0 saturated carbocycles. The second-order valence-corrected chi connectivity index (χ2v) is 6.74. The zero-order valence-corrected chi connectivity index (χ0v) is 15.0. The van der Waals surface area contributed by atoms with E-state index in [1.807, 2.05) is 20.8 Å². The minimum absolute atomic E-state index is 0.159. The highest BCUT2D eigenvalue weighted by Crippen LogP contribution is 2.19. The molecular formula is C18H24N4O3. The normalized spacial score (nSPS) is 13.8. The third-order valence-electron chi connectivity index (χ3n) is 4.56. The number of nitrogens with one attached hydrogen (secondary N) is 1. The Hall–Kier alpha value is -2.44. The number of nitrogens with zero attached hydrogens (tertiary/aromatic N) is 3. The molecule has 0 fully saturated rings. The van der Waals surface area contributed by atoms with Crippen molar-refractivity contribution in [1.29, 1.82) is 0 Å². The smallest absolute Gasteiger partial charge is 0.261 e. The molecule has 2 aromatic rings. The molecule has 0 bridgehead atoms. The van der Waals surface area contributed by atoms with Gasteiger partial charge in [-0.15, -0.1) is 0 Å². The van der Waals surface area contributed by atoms with E-state index in [0.717, 1.165) is 36.9 Å². The Morgan fingerprint density at radius 3 is 2.80 bits per heavy atom. The topological polar surface area (TPSA) is 92.1 Å². The summed E-state index contributed by atoms with van der Waals surface area (Å²) in [6, 6.07) is 1.76. The van der Waals surface area contributed by atoms with Crippen molar-refractivity contribution in [3.63, 3.8) is 0 Å². The molecule has 3 rings (SSSR count). The fraction of sp³-hybridized carbons (Fsp3) is 0.556. The largest absolute Gasteiger partial charge is 0.337 e. The lowest BCUT2D eigenvalue weighted by molar-refractivity contribution is 0.0732. The lowest BCUT2D eigenvalue weighted by Crippen LogP contribution is -2.35. The molecule has 2 aromatic heterocycles. The van der Waals surface area contributed by atoms with E-state index in [1.54, 1.807) is 11.0 Å². The molecule has 1 aliphatic carbocycles. The summed E-state index contributed by atoms with van der Waals surface area (Å²) < 4.78 is 5.22. The molecule has 134 valence electrons. The monoisotopic (exact) mass is 344 g/mol. The highest BCUT2D eigenvalue weighted by atomic mass is 16.5. The van der Waals surface area contributed by atoms with E-state index in [-0.39, 0.29) is 29.5 Å². The minimum Gasteiger partial charge on any atom is -0.337 e. The Morgan fingerprint density at radius 1 is 1.36 bits per heavy atom. The van der Waals surface area contributed by atoms with Crippen LogP contribution in [0.3, 0.4) is 0 Å². The van der Waals surface area contributed by atoms with Crippen LogP contribution in [0.5, 0.6) is 0 Å². The fourth-order valence-corrected chi connectivity index (χ4v) is 3.06. The van der Waals surface area contributed by atoms with E-state index in [4.69, 9.17) is 4.52 Å². The summed E-state index contributed by atoms with van der Waals surface area (Å²) in [7, 11) is 0. The first-order chi connectivity index (χ1) is 12.0. The van der Waals surface area contributed by atoms with Gasteiger partial charge in [-0.1, -0.05) is 19.0 Å². The highest BCUT2D eigenvalue weighted by molar-refractivity contribution is 5.94. The van der Waals surface area contributed by atoms with Gasteiger partial charge in [-0.25, -0.2) is 0 Å². The van der Waals surface area contributed by atoms with Gasteiger partial charge in [-0.3, -0.25) is 9.59 Å². The summed E-state index contributed by atoms with van der Waals surface area (Å²) in [5.74, 6) is 0.853. The van der Waals surface area contributed by atoms with Crippen molar-refractivity contribution < 1.29 is 9.32 Å². The Morgan fingerprint density at radius 2 is 2.12 bits per heavy atom. The first-order valence-corrected chi connectivity index (χ1v) is 8.86. The Bertz CT molecular complexity index is 822. The number of aromatic amines is 1. The van der Waals surface area contributed by atoms with Gasteiger partial charge < -0.3 is 14.4 Å². The summed E-state index contributed by atoms with van der Waals surface area (Å²) in [6.07, 6.45) is 3.94. The van der Waals surface area contributed by atoms with Gasteiger partial charge in [0, 0.05) is 18.2 Å². The van der Waals surface area contributed by atoms with Crippen LogP contribution in [-0.4, -0.2) is 32.5 Å². The summed E-state index contributed by atoms with van der Waals surface area (Å²) in [6.45, 7) is 6.47. The molecule has 1 N–H and O–H groups in total. The minimum atomic E-state index is -0.322. The number of aromatic nitrogens is 3. The van der Waals surface area contributed by atoms with Crippen LogP contribution in [0.1, 0.15) is 72.9 Å². The molecule has 1 amide bonds. The average Bonchev–Trinajstić information content (AvgIpc) is 3.07. The predicted molar refractivity (Wildman–Crippen MR) is 92.5 cm³/mol. The number of carbonyl (C=O) groups is 1. The van der Waals surface area contributed by atoms with Crippen molar-refractivity contribution in [2.75, 3.05) is 6.54 Å². The highest BCUT2D eigenvalue weighted by Gasteiger charge is 2.23. The molecule has 0 unspecified atom stereocenters. The number of hydrogen-bond acceptors (Lipinski definition) is 5. The van der Waals surface area contributed by atoms with Crippen LogP contribution in [-0.2, 0) is 19.4 Å². The van der Waals surface area contributed by atoms with Gasteiger partial charge in [0.05, 0.1) is 0 Å². The number of H-pyrrole nitrogens is 1. The fourth-order valence-electron chi connectivity index (χ4n) is 3.06. The van der Waals surface area contributed by atoms with E-state index in [2.05, 4.69) is 15.1 Å². The van der Waals surface area contributed by atoms with Crippen molar-refractivity contribution in [2.45, 2.75) is 58.9 Å². The van der Waals surface area contributed by atoms with Crippen LogP contribution in [0, 0.1) is 0 Å². The molecule has 0 saturated heterocycles. The summed E-state index contributed by atoms with van der Waals surface area (Å²) in [5, 5.41) is 3.92. The number of hydrogen-bond donors (Lipinski definition) is 1. The molecule has 2 heterocycles. The van der Waals surface area contributed by atoms with Crippen molar-refractivity contribution >= 4 is 5.91 Å². The molecule has 0 atom stereocenters. The van der Waals surface area contributed by atoms with E-state index in [0.29, 0.717) is 18.3 Å². The molecule has 0 radical (unpaired) electrons. The maximum Gasteiger partial charge on any atom is 0.261 e. The summed E-state index contributed by atoms with van der Waals surface area (Å²) in [4.78, 5) is 33.9. The van der Waals surface area contributed by atoms with Gasteiger partial charge in [-0.2, -0.15) is 4.98 Å². The van der Waals surface area contributed by atoms with E-state index in [1.165, 1.54) is 0 Å². The van der Waals surface area contributed by atoms with Gasteiger partial charge in [0.1, 0.15) is 12.1 Å². The van der Waals surface area contributed by atoms with Gasteiger partial charge in [0.25, 0.3) is 11.5 Å². The maximum atomic E-state index is 12.8. The van der Waals surface area contributed by atoms with Gasteiger partial charge in [0.15, 0.2) is 5.82 Å². The van der Waals surface area contributed by atoms with E-state index >= 15 is 0 Å². The Balaban J connectivity index is 1.83. The van der Waals surface area contributed by atoms with E-state index < -0.39 is 0 Å². The molecule has 0 aliphatic heterocycles. The third-order valence-corrected chi connectivity index (χ3v) is 4.56. The molecule has 7 nitrogen and oxygen atoms in total. The van der Waals surface area contributed by atoms with Gasteiger partial charge >= 0.3 is 0 Å². The van der Waals surface area contributed by atoms with Crippen LogP contribution >= 0.6 is 0 Å². The Labute approximate surface area is 146 Å². The molecule has 1 aliphatic rings.